The molecule has 0 bridgehead atoms. The van der Waals surface area contributed by atoms with Gasteiger partial charge in [0.15, 0.2) is 0 Å². The Morgan fingerprint density at radius 2 is 1.91 bits per heavy atom. The number of nitrogens with one attached hydrogen (secondary N) is 1. The van der Waals surface area contributed by atoms with Gasteiger partial charge in [-0.1, -0.05) is 29.8 Å². The van der Waals surface area contributed by atoms with Gasteiger partial charge in [0.05, 0.1) is 5.69 Å². The molecule has 0 fully saturated rings. The van der Waals surface area contributed by atoms with Crippen LogP contribution >= 0.6 is 11.6 Å². The molecule has 1 N–H and O–H groups in total. The second-order valence-electron chi connectivity index (χ2n) is 5.09. The third-order valence-corrected chi connectivity index (χ3v) is 3.70. The number of anilines is 1. The first-order valence-corrected chi connectivity index (χ1v) is 7.48. The lowest BCUT2D eigenvalue weighted by Crippen LogP contribution is -2.14. The minimum Gasteiger partial charge on any atom is -0.320 e. The Morgan fingerprint density at radius 3 is 2.61 bits per heavy atom. The fourth-order valence-electron chi connectivity index (χ4n) is 2.48. The molecule has 1 aromatic carbocycles. The molecule has 0 atom stereocenters. The van der Waals surface area contributed by atoms with Crippen molar-refractivity contribution in [3.63, 3.8) is 0 Å². The largest absolute Gasteiger partial charge is 0.320 e. The zero-order valence-electron chi connectivity index (χ0n) is 12.7. The van der Waals surface area contributed by atoms with E-state index in [1.165, 1.54) is 0 Å². The van der Waals surface area contributed by atoms with E-state index in [0.717, 1.165) is 17.2 Å². The maximum Gasteiger partial charge on any atom is 0.276 e. The van der Waals surface area contributed by atoms with E-state index in [-0.39, 0.29) is 5.91 Å². The number of hydrogen-bond donors (Lipinski definition) is 1. The minimum absolute atomic E-state index is 0.275. The number of halogens is 1. The average Bonchev–Trinajstić information content (AvgIpc) is 2.83. The Balaban J connectivity index is 1.93. The molecule has 3 rings (SSSR count). The second kappa shape index (κ2) is 6.22. The first-order chi connectivity index (χ1) is 11.1. The average molecular weight is 327 g/mol. The van der Waals surface area contributed by atoms with E-state index in [4.69, 9.17) is 11.6 Å². The third kappa shape index (κ3) is 3.10. The summed E-state index contributed by atoms with van der Waals surface area (Å²) in [6.45, 7) is 3.75. The SMILES string of the molecule is Cc1nc(C(=O)Nc2ccnc(Cl)c2)c(C)n1-c1ccccc1. The van der Waals surface area contributed by atoms with E-state index in [0.29, 0.717) is 16.5 Å². The van der Waals surface area contributed by atoms with Crippen LogP contribution in [-0.4, -0.2) is 20.4 Å². The second-order valence-corrected chi connectivity index (χ2v) is 5.47. The van der Waals surface area contributed by atoms with E-state index in [2.05, 4.69) is 15.3 Å². The molecule has 0 aliphatic carbocycles. The van der Waals surface area contributed by atoms with E-state index in [1.807, 2.05) is 48.7 Å². The van der Waals surface area contributed by atoms with E-state index >= 15 is 0 Å². The highest BCUT2D eigenvalue weighted by Gasteiger charge is 2.18. The number of amides is 1. The molecular weight excluding hydrogens is 312 g/mol. The number of imidazole rings is 1. The van der Waals surface area contributed by atoms with Crippen molar-refractivity contribution in [3.8, 4) is 5.69 Å². The fourth-order valence-corrected chi connectivity index (χ4v) is 2.66. The van der Waals surface area contributed by atoms with Crippen LogP contribution in [0.5, 0.6) is 0 Å². The van der Waals surface area contributed by atoms with Crippen molar-refractivity contribution in [1.82, 2.24) is 14.5 Å². The van der Waals surface area contributed by atoms with Crippen molar-refractivity contribution in [2.24, 2.45) is 0 Å². The molecule has 0 aliphatic rings. The maximum atomic E-state index is 12.5. The molecule has 0 saturated heterocycles. The van der Waals surface area contributed by atoms with E-state index in [9.17, 15) is 4.79 Å². The molecular formula is C17H15ClN4O. The summed E-state index contributed by atoms with van der Waals surface area (Å²) in [5, 5.41) is 3.12. The van der Waals surface area contributed by atoms with Crippen LogP contribution < -0.4 is 5.32 Å². The molecule has 0 radical (unpaired) electrons. The number of carbonyl (C=O) groups excluding carboxylic acids is 1. The van der Waals surface area contributed by atoms with Gasteiger partial charge in [-0.25, -0.2) is 9.97 Å². The topological polar surface area (TPSA) is 59.8 Å². The molecule has 23 heavy (non-hydrogen) atoms. The van der Waals surface area contributed by atoms with Crippen LogP contribution in [0.1, 0.15) is 22.0 Å². The number of hydrogen-bond acceptors (Lipinski definition) is 3. The highest BCUT2D eigenvalue weighted by molar-refractivity contribution is 6.29. The van der Waals surface area contributed by atoms with Gasteiger partial charge in [0.1, 0.15) is 16.7 Å². The molecule has 0 saturated carbocycles. The molecule has 116 valence electrons. The number of para-hydroxylation sites is 1. The number of nitrogens with zero attached hydrogens (tertiary/aromatic N) is 3. The van der Waals surface area contributed by atoms with Crippen molar-refractivity contribution >= 4 is 23.2 Å². The first kappa shape index (κ1) is 15.2. The smallest absolute Gasteiger partial charge is 0.276 e. The van der Waals surface area contributed by atoms with Gasteiger partial charge in [0.25, 0.3) is 5.91 Å². The Labute approximate surface area is 139 Å². The van der Waals surface area contributed by atoms with Gasteiger partial charge in [-0.2, -0.15) is 0 Å². The van der Waals surface area contributed by atoms with Gasteiger partial charge < -0.3 is 9.88 Å². The third-order valence-electron chi connectivity index (χ3n) is 3.49. The summed E-state index contributed by atoms with van der Waals surface area (Å²) in [5.41, 5.74) is 2.73. The summed E-state index contributed by atoms with van der Waals surface area (Å²) in [6.07, 6.45) is 1.54. The van der Waals surface area contributed by atoms with Gasteiger partial charge in [0.2, 0.25) is 0 Å². The van der Waals surface area contributed by atoms with E-state index in [1.54, 1.807) is 18.3 Å². The van der Waals surface area contributed by atoms with Crippen LogP contribution in [0.15, 0.2) is 48.7 Å². The molecule has 1 amide bonds. The lowest BCUT2D eigenvalue weighted by atomic mass is 10.2. The Kier molecular flexibility index (Phi) is 4.12. The molecule has 2 aromatic heterocycles. The summed E-state index contributed by atoms with van der Waals surface area (Å²) in [4.78, 5) is 20.8. The Morgan fingerprint density at radius 1 is 1.17 bits per heavy atom. The summed E-state index contributed by atoms with van der Waals surface area (Å²) in [7, 11) is 0. The molecule has 0 aliphatic heterocycles. The monoisotopic (exact) mass is 326 g/mol. The van der Waals surface area contributed by atoms with Crippen LogP contribution in [0.4, 0.5) is 5.69 Å². The Bertz CT molecular complexity index is 858. The summed E-state index contributed by atoms with van der Waals surface area (Å²) >= 11 is 5.83. The minimum atomic E-state index is -0.275. The predicted molar refractivity (Wildman–Crippen MR) is 90.2 cm³/mol. The van der Waals surface area contributed by atoms with Crippen molar-refractivity contribution in [3.05, 3.63) is 71.0 Å². The molecule has 0 unspecified atom stereocenters. The Hall–Kier alpha value is -2.66. The van der Waals surface area contributed by atoms with Crippen LogP contribution in [0.25, 0.3) is 5.69 Å². The van der Waals surface area contributed by atoms with Crippen molar-refractivity contribution in [1.29, 1.82) is 0 Å². The molecule has 2 heterocycles. The summed E-state index contributed by atoms with van der Waals surface area (Å²) < 4.78 is 1.95. The summed E-state index contributed by atoms with van der Waals surface area (Å²) in [6, 6.07) is 13.1. The number of aryl methyl sites for hydroxylation is 1. The number of rotatable bonds is 3. The molecule has 0 spiro atoms. The van der Waals surface area contributed by atoms with E-state index < -0.39 is 0 Å². The standard InChI is InChI=1S/C17H15ClN4O/c1-11-16(17(23)21-13-8-9-19-15(18)10-13)20-12(2)22(11)14-6-4-3-5-7-14/h3-10H,1-2H3,(H,19,21,23). The fraction of sp³-hybridized carbons (Fsp3) is 0.118. The van der Waals surface area contributed by atoms with Crippen LogP contribution in [-0.2, 0) is 0 Å². The highest BCUT2D eigenvalue weighted by atomic mass is 35.5. The van der Waals surface area contributed by atoms with Crippen molar-refractivity contribution < 1.29 is 4.79 Å². The van der Waals surface area contributed by atoms with Gasteiger partial charge in [0, 0.05) is 17.6 Å². The van der Waals surface area contributed by atoms with Crippen molar-refractivity contribution in [2.45, 2.75) is 13.8 Å². The summed E-state index contributed by atoms with van der Waals surface area (Å²) in [5.74, 6) is 0.481. The quantitative estimate of drug-likeness (QED) is 0.745. The van der Waals surface area contributed by atoms with Crippen LogP contribution in [0.2, 0.25) is 5.15 Å². The maximum absolute atomic E-state index is 12.5. The van der Waals surface area contributed by atoms with Gasteiger partial charge in [-0.15, -0.1) is 0 Å². The molecule has 6 heteroatoms. The predicted octanol–water partition coefficient (Wildman–Crippen LogP) is 3.79. The van der Waals surface area contributed by atoms with Crippen LogP contribution in [0, 0.1) is 13.8 Å². The zero-order valence-corrected chi connectivity index (χ0v) is 13.5. The van der Waals surface area contributed by atoms with Crippen molar-refractivity contribution in [2.75, 3.05) is 5.32 Å². The van der Waals surface area contributed by atoms with Crippen LogP contribution in [0.3, 0.4) is 0 Å². The lowest BCUT2D eigenvalue weighted by molar-refractivity contribution is 0.102. The normalized spacial score (nSPS) is 10.6. The zero-order chi connectivity index (χ0) is 16.4. The number of carbonyl (C=O) groups is 1. The first-order valence-electron chi connectivity index (χ1n) is 7.10. The van der Waals surface area contributed by atoms with Gasteiger partial charge in [-0.05, 0) is 38.1 Å². The van der Waals surface area contributed by atoms with Gasteiger partial charge >= 0.3 is 0 Å². The molecule has 3 aromatic rings. The number of aromatic nitrogens is 3. The highest BCUT2D eigenvalue weighted by Crippen LogP contribution is 2.19. The lowest BCUT2D eigenvalue weighted by Gasteiger charge is -2.08. The number of pyridine rings is 1. The number of benzene rings is 1. The molecule has 5 nitrogen and oxygen atoms in total. The van der Waals surface area contributed by atoms with Gasteiger partial charge in [-0.3, -0.25) is 4.79 Å².